The smallest absolute Gasteiger partial charge is 0.123 e. The van der Waals surface area contributed by atoms with Crippen LogP contribution >= 0.6 is 27.7 Å². The number of benzene rings is 1. The van der Waals surface area contributed by atoms with Gasteiger partial charge in [0, 0.05) is 20.7 Å². The molecule has 3 N–H and O–H groups in total. The van der Waals surface area contributed by atoms with Crippen LogP contribution in [0.5, 0.6) is 0 Å². The fraction of sp³-hybridized carbons (Fsp3) is 0.417. The van der Waals surface area contributed by atoms with Gasteiger partial charge in [-0.15, -0.1) is 11.8 Å². The van der Waals surface area contributed by atoms with Crippen molar-refractivity contribution < 1.29 is 0 Å². The van der Waals surface area contributed by atoms with E-state index in [1.807, 2.05) is 18.2 Å². The Hall–Kier alpha value is -0.480. The van der Waals surface area contributed by atoms with E-state index in [1.165, 1.54) is 6.42 Å². The maximum absolute atomic E-state index is 7.53. The number of halogens is 1. The third-order valence-corrected chi connectivity index (χ3v) is 4.33. The van der Waals surface area contributed by atoms with Gasteiger partial charge in [-0.1, -0.05) is 36.2 Å². The van der Waals surface area contributed by atoms with E-state index in [2.05, 4.69) is 29.8 Å². The van der Waals surface area contributed by atoms with E-state index >= 15 is 0 Å². The maximum atomic E-state index is 7.53. The lowest BCUT2D eigenvalue weighted by atomic mass is 10.2. The van der Waals surface area contributed by atoms with Gasteiger partial charge in [0.05, 0.1) is 0 Å². The molecule has 88 valence electrons. The van der Waals surface area contributed by atoms with Crippen LogP contribution < -0.4 is 5.73 Å². The van der Waals surface area contributed by atoms with Crippen LogP contribution in [0.4, 0.5) is 0 Å². The van der Waals surface area contributed by atoms with E-state index < -0.39 is 0 Å². The molecule has 16 heavy (non-hydrogen) atoms. The molecule has 0 aromatic heterocycles. The highest BCUT2D eigenvalue weighted by molar-refractivity contribution is 9.10. The number of hydrogen-bond donors (Lipinski definition) is 2. The molecule has 1 rings (SSSR count). The molecule has 0 saturated carbocycles. The summed E-state index contributed by atoms with van der Waals surface area (Å²) in [5, 5.41) is 7.53. The summed E-state index contributed by atoms with van der Waals surface area (Å²) in [5.41, 5.74) is 6.39. The van der Waals surface area contributed by atoms with Crippen LogP contribution in [0.25, 0.3) is 0 Å². The van der Waals surface area contributed by atoms with Crippen LogP contribution in [-0.4, -0.2) is 11.6 Å². The first kappa shape index (κ1) is 13.6. The van der Waals surface area contributed by atoms with Gasteiger partial charge >= 0.3 is 0 Å². The predicted molar refractivity (Wildman–Crippen MR) is 75.3 cm³/mol. The van der Waals surface area contributed by atoms with Crippen molar-refractivity contribution in [1.82, 2.24) is 0 Å². The van der Waals surface area contributed by atoms with E-state index in [1.54, 1.807) is 11.8 Å². The van der Waals surface area contributed by atoms with Crippen LogP contribution in [0, 0.1) is 11.3 Å². The van der Waals surface area contributed by atoms with Gasteiger partial charge in [-0.3, -0.25) is 5.41 Å². The SMILES string of the molecule is CCC(C)CSc1cc(Br)ccc1C(=N)N. The molecule has 1 unspecified atom stereocenters. The number of nitrogens with one attached hydrogen (secondary N) is 1. The second kappa shape index (κ2) is 6.30. The molecule has 0 spiro atoms. The Labute approximate surface area is 110 Å². The molecule has 0 aliphatic heterocycles. The van der Waals surface area contributed by atoms with Gasteiger partial charge in [-0.05, 0) is 24.1 Å². The second-order valence-electron chi connectivity index (χ2n) is 3.88. The Balaban J connectivity index is 2.84. The topological polar surface area (TPSA) is 49.9 Å². The molecular weight excluding hydrogens is 284 g/mol. The lowest BCUT2D eigenvalue weighted by Crippen LogP contribution is -2.12. The zero-order valence-corrected chi connectivity index (χ0v) is 12.0. The highest BCUT2D eigenvalue weighted by atomic mass is 79.9. The predicted octanol–water partition coefficient (Wildman–Crippen LogP) is 3.87. The minimum Gasteiger partial charge on any atom is -0.384 e. The normalized spacial score (nSPS) is 12.4. The first-order valence-electron chi connectivity index (χ1n) is 5.31. The van der Waals surface area contributed by atoms with Crippen LogP contribution in [0.15, 0.2) is 27.6 Å². The highest BCUT2D eigenvalue weighted by Crippen LogP contribution is 2.28. The summed E-state index contributed by atoms with van der Waals surface area (Å²) < 4.78 is 1.03. The molecule has 0 bridgehead atoms. The number of rotatable bonds is 5. The van der Waals surface area contributed by atoms with Crippen molar-refractivity contribution in [3.8, 4) is 0 Å². The average molecular weight is 301 g/mol. The molecule has 0 amide bonds. The van der Waals surface area contributed by atoms with Crippen LogP contribution in [0.2, 0.25) is 0 Å². The zero-order valence-electron chi connectivity index (χ0n) is 9.59. The molecule has 1 aromatic carbocycles. The Kier molecular flexibility index (Phi) is 5.35. The lowest BCUT2D eigenvalue weighted by molar-refractivity contribution is 0.637. The van der Waals surface area contributed by atoms with Crippen molar-refractivity contribution in [2.75, 3.05) is 5.75 Å². The summed E-state index contributed by atoms with van der Waals surface area (Å²) in [6.45, 7) is 4.43. The standard InChI is InChI=1S/C12H17BrN2S/c1-3-8(2)7-16-11-6-9(13)4-5-10(11)12(14)15/h4-6,8H,3,7H2,1-2H3,(H3,14,15). The molecule has 0 aliphatic rings. The number of thioether (sulfide) groups is 1. The quantitative estimate of drug-likeness (QED) is 0.493. The van der Waals surface area contributed by atoms with Gasteiger partial charge < -0.3 is 5.73 Å². The van der Waals surface area contributed by atoms with E-state index in [0.717, 1.165) is 20.7 Å². The summed E-state index contributed by atoms with van der Waals surface area (Å²) in [4.78, 5) is 1.09. The monoisotopic (exact) mass is 300 g/mol. The molecule has 4 heteroatoms. The molecule has 1 aromatic rings. The summed E-state index contributed by atoms with van der Waals surface area (Å²) in [5.74, 6) is 1.88. The maximum Gasteiger partial charge on any atom is 0.123 e. The Bertz CT molecular complexity index is 379. The molecular formula is C12H17BrN2S. The zero-order chi connectivity index (χ0) is 12.1. The average Bonchev–Trinajstić information content (AvgIpc) is 2.25. The van der Waals surface area contributed by atoms with Crippen molar-refractivity contribution in [2.24, 2.45) is 11.7 Å². The lowest BCUT2D eigenvalue weighted by Gasteiger charge is -2.11. The summed E-state index contributed by atoms with van der Waals surface area (Å²) in [7, 11) is 0. The van der Waals surface area contributed by atoms with Crippen molar-refractivity contribution >= 4 is 33.5 Å². The molecule has 0 heterocycles. The largest absolute Gasteiger partial charge is 0.384 e. The van der Waals surface area contributed by atoms with E-state index in [9.17, 15) is 0 Å². The minimum absolute atomic E-state index is 0.138. The minimum atomic E-state index is 0.138. The van der Waals surface area contributed by atoms with Crippen molar-refractivity contribution in [1.29, 1.82) is 5.41 Å². The van der Waals surface area contributed by atoms with Gasteiger partial charge in [0.15, 0.2) is 0 Å². The van der Waals surface area contributed by atoms with E-state index in [4.69, 9.17) is 11.1 Å². The summed E-state index contributed by atoms with van der Waals surface area (Å²) in [6.07, 6.45) is 1.18. The first-order valence-corrected chi connectivity index (χ1v) is 7.09. The first-order chi connectivity index (χ1) is 7.54. The van der Waals surface area contributed by atoms with Gasteiger partial charge in [0.25, 0.3) is 0 Å². The number of amidine groups is 1. The number of hydrogen-bond acceptors (Lipinski definition) is 2. The van der Waals surface area contributed by atoms with Crippen LogP contribution in [0.1, 0.15) is 25.8 Å². The van der Waals surface area contributed by atoms with Gasteiger partial charge in [-0.25, -0.2) is 0 Å². The Morgan fingerprint density at radius 3 is 2.81 bits per heavy atom. The molecule has 0 fully saturated rings. The molecule has 2 nitrogen and oxygen atoms in total. The molecule has 0 saturated heterocycles. The number of nitrogen functional groups attached to an aromatic ring is 1. The fourth-order valence-electron chi connectivity index (χ4n) is 1.19. The van der Waals surface area contributed by atoms with E-state index in [-0.39, 0.29) is 5.84 Å². The summed E-state index contributed by atoms with van der Waals surface area (Å²) in [6, 6.07) is 5.85. The van der Waals surface area contributed by atoms with Crippen LogP contribution in [-0.2, 0) is 0 Å². The van der Waals surface area contributed by atoms with Crippen molar-refractivity contribution in [2.45, 2.75) is 25.2 Å². The third kappa shape index (κ3) is 3.83. The van der Waals surface area contributed by atoms with Crippen molar-refractivity contribution in [3.05, 3.63) is 28.2 Å². The van der Waals surface area contributed by atoms with Gasteiger partial charge in [0.1, 0.15) is 5.84 Å². The van der Waals surface area contributed by atoms with E-state index in [0.29, 0.717) is 5.92 Å². The van der Waals surface area contributed by atoms with Gasteiger partial charge in [-0.2, -0.15) is 0 Å². The third-order valence-electron chi connectivity index (χ3n) is 2.45. The van der Waals surface area contributed by atoms with Crippen molar-refractivity contribution in [3.63, 3.8) is 0 Å². The van der Waals surface area contributed by atoms with Crippen LogP contribution in [0.3, 0.4) is 0 Å². The molecule has 1 atom stereocenters. The summed E-state index contributed by atoms with van der Waals surface area (Å²) >= 11 is 5.22. The molecule has 0 aliphatic carbocycles. The Morgan fingerprint density at radius 2 is 2.25 bits per heavy atom. The number of nitrogens with two attached hydrogens (primary N) is 1. The fourth-order valence-corrected chi connectivity index (χ4v) is 2.94. The second-order valence-corrected chi connectivity index (χ2v) is 5.86. The molecule has 0 radical (unpaired) electrons. The Morgan fingerprint density at radius 1 is 1.56 bits per heavy atom. The highest BCUT2D eigenvalue weighted by Gasteiger charge is 2.08. The van der Waals surface area contributed by atoms with Gasteiger partial charge in [0.2, 0.25) is 0 Å².